The van der Waals surface area contributed by atoms with Crippen molar-refractivity contribution in [2.45, 2.75) is 19.8 Å². The van der Waals surface area contributed by atoms with Crippen molar-refractivity contribution < 1.29 is 9.42 Å². The van der Waals surface area contributed by atoms with Crippen molar-refractivity contribution in [2.75, 3.05) is 31.1 Å². The normalized spacial score (nSPS) is 15.9. The summed E-state index contributed by atoms with van der Waals surface area (Å²) in [5, 5.41) is 15.7. The first-order valence-electron chi connectivity index (χ1n) is 8.86. The van der Waals surface area contributed by atoms with Gasteiger partial charge in [-0.05, 0) is 25.1 Å². The number of carbonyl (C=O) groups is 1. The van der Waals surface area contributed by atoms with Crippen molar-refractivity contribution >= 4 is 22.5 Å². The maximum atomic E-state index is 13.0. The highest BCUT2D eigenvalue weighted by Gasteiger charge is 2.29. The number of hydrogen-bond acceptors (Lipinski definition) is 7. The highest BCUT2D eigenvalue weighted by atomic mass is 16.6. The van der Waals surface area contributed by atoms with Crippen LogP contribution < -0.4 is 10.5 Å². The third kappa shape index (κ3) is 3.05. The molecule has 0 saturated carbocycles. The smallest absolute Gasteiger partial charge is 0.272 e. The first-order chi connectivity index (χ1) is 13.1. The van der Waals surface area contributed by atoms with Crippen molar-refractivity contribution in [3.05, 3.63) is 46.0 Å². The van der Waals surface area contributed by atoms with Crippen LogP contribution in [0.25, 0.3) is 10.8 Å². The van der Waals surface area contributed by atoms with Gasteiger partial charge in [-0.1, -0.05) is 23.4 Å². The minimum absolute atomic E-state index is 0.00523. The molecule has 1 aliphatic heterocycles. The third-order valence-electron chi connectivity index (χ3n) is 5.03. The van der Waals surface area contributed by atoms with Crippen LogP contribution in [0.3, 0.4) is 0 Å². The van der Waals surface area contributed by atoms with Crippen molar-refractivity contribution in [2.24, 2.45) is 0 Å². The lowest BCUT2D eigenvalue weighted by atomic mass is 10.00. The summed E-state index contributed by atoms with van der Waals surface area (Å²) in [7, 11) is 0. The van der Waals surface area contributed by atoms with Crippen LogP contribution in [0.5, 0.6) is 0 Å². The number of aromatic amines is 1. The van der Waals surface area contributed by atoms with Gasteiger partial charge in [0.1, 0.15) is 5.69 Å². The number of H-pyrrole nitrogens is 1. The highest BCUT2D eigenvalue weighted by Crippen LogP contribution is 2.24. The van der Waals surface area contributed by atoms with E-state index in [2.05, 4.69) is 25.4 Å². The van der Waals surface area contributed by atoms with Gasteiger partial charge in [-0.2, -0.15) is 5.10 Å². The fourth-order valence-electron chi connectivity index (χ4n) is 3.51. The predicted molar refractivity (Wildman–Crippen MR) is 98.6 cm³/mol. The highest BCUT2D eigenvalue weighted by molar-refractivity contribution is 5.91. The molecule has 9 nitrogen and oxygen atoms in total. The second kappa shape index (κ2) is 6.82. The molecule has 0 bridgehead atoms. The van der Waals surface area contributed by atoms with Crippen LogP contribution in [0, 0.1) is 6.92 Å². The van der Waals surface area contributed by atoms with E-state index < -0.39 is 5.92 Å². The number of anilines is 1. The molecule has 27 heavy (non-hydrogen) atoms. The number of piperazine rings is 1. The fraction of sp³-hybridized carbons (Fsp3) is 0.389. The van der Waals surface area contributed by atoms with Gasteiger partial charge in [0, 0.05) is 31.6 Å². The molecule has 1 aromatic carbocycles. The van der Waals surface area contributed by atoms with Gasteiger partial charge in [-0.15, -0.1) is 0 Å². The molecule has 140 valence electrons. The average Bonchev–Trinajstić information content (AvgIpc) is 3.13. The Balaban J connectivity index is 1.52. The van der Waals surface area contributed by atoms with Gasteiger partial charge in [0.05, 0.1) is 17.0 Å². The Morgan fingerprint density at radius 3 is 2.52 bits per heavy atom. The summed E-state index contributed by atoms with van der Waals surface area (Å²) in [6, 6.07) is 7.21. The van der Waals surface area contributed by atoms with Gasteiger partial charge < -0.3 is 9.80 Å². The molecule has 1 aliphatic rings. The van der Waals surface area contributed by atoms with Crippen LogP contribution in [-0.4, -0.2) is 57.5 Å². The molecule has 9 heteroatoms. The standard InChI is InChI=1S/C18H20N6O3/c1-11(15-13-5-3-4-6-14(13)17(25)20-19-15)18(26)24-9-7-23(8-10-24)16-12(2)21-27-22-16/h3-6,11H,7-10H2,1-2H3,(H,20,25)/t11-/m0/s1. The number of rotatable bonds is 3. The number of amides is 1. The molecule has 0 unspecified atom stereocenters. The second-order valence-corrected chi connectivity index (χ2v) is 6.69. The lowest BCUT2D eigenvalue weighted by Gasteiger charge is -2.35. The quantitative estimate of drug-likeness (QED) is 0.736. The number of aryl methyl sites for hydroxylation is 1. The zero-order chi connectivity index (χ0) is 19.0. The van der Waals surface area contributed by atoms with Gasteiger partial charge in [0.25, 0.3) is 5.56 Å². The number of nitrogens with zero attached hydrogens (tertiary/aromatic N) is 5. The van der Waals surface area contributed by atoms with E-state index in [1.807, 2.05) is 30.9 Å². The Labute approximate surface area is 154 Å². The molecule has 1 N–H and O–H groups in total. The average molecular weight is 368 g/mol. The summed E-state index contributed by atoms with van der Waals surface area (Å²) in [4.78, 5) is 28.9. The van der Waals surface area contributed by atoms with Crippen LogP contribution in [0.1, 0.15) is 24.2 Å². The summed E-state index contributed by atoms with van der Waals surface area (Å²) in [5.41, 5.74) is 1.08. The van der Waals surface area contributed by atoms with Crippen LogP contribution in [0.4, 0.5) is 5.82 Å². The molecular weight excluding hydrogens is 348 g/mol. The molecule has 1 saturated heterocycles. The van der Waals surface area contributed by atoms with Crippen molar-refractivity contribution in [1.82, 2.24) is 25.4 Å². The lowest BCUT2D eigenvalue weighted by molar-refractivity contribution is -0.132. The summed E-state index contributed by atoms with van der Waals surface area (Å²) in [5.74, 6) is 0.270. The Kier molecular flexibility index (Phi) is 4.35. The Hall–Kier alpha value is -3.23. The van der Waals surface area contributed by atoms with Crippen LogP contribution in [0.2, 0.25) is 0 Å². The van der Waals surface area contributed by atoms with E-state index in [4.69, 9.17) is 4.63 Å². The van der Waals surface area contributed by atoms with E-state index in [0.29, 0.717) is 42.6 Å². The SMILES string of the molecule is Cc1nonc1N1CCN(C(=O)[C@@H](C)c2n[nH]c(=O)c3ccccc23)CC1. The predicted octanol–water partition coefficient (Wildman–Crippen LogP) is 1.07. The molecule has 3 aromatic rings. The maximum Gasteiger partial charge on any atom is 0.272 e. The summed E-state index contributed by atoms with van der Waals surface area (Å²) >= 11 is 0. The Bertz CT molecular complexity index is 1030. The number of fused-ring (bicyclic) bond motifs is 1. The maximum absolute atomic E-state index is 13.0. The molecule has 1 atom stereocenters. The van der Waals surface area contributed by atoms with Gasteiger partial charge in [0.15, 0.2) is 5.82 Å². The van der Waals surface area contributed by atoms with E-state index in [9.17, 15) is 9.59 Å². The fourth-order valence-corrected chi connectivity index (χ4v) is 3.51. The zero-order valence-corrected chi connectivity index (χ0v) is 15.2. The first-order valence-corrected chi connectivity index (χ1v) is 8.86. The first kappa shape index (κ1) is 17.2. The number of carbonyl (C=O) groups excluding carboxylic acids is 1. The monoisotopic (exact) mass is 368 g/mol. The molecule has 0 aliphatic carbocycles. The van der Waals surface area contributed by atoms with Gasteiger partial charge in [-0.25, -0.2) is 9.73 Å². The van der Waals surface area contributed by atoms with E-state index in [-0.39, 0.29) is 11.5 Å². The van der Waals surface area contributed by atoms with Crippen molar-refractivity contribution in [3.63, 3.8) is 0 Å². The minimum Gasteiger partial charge on any atom is -0.349 e. The molecule has 1 fully saturated rings. The van der Waals surface area contributed by atoms with E-state index in [1.54, 1.807) is 12.1 Å². The van der Waals surface area contributed by atoms with E-state index in [1.165, 1.54) is 0 Å². The summed E-state index contributed by atoms with van der Waals surface area (Å²) in [6.45, 7) is 6.15. The molecule has 0 spiro atoms. The Morgan fingerprint density at radius 1 is 1.15 bits per heavy atom. The third-order valence-corrected chi connectivity index (χ3v) is 5.03. The summed E-state index contributed by atoms with van der Waals surface area (Å²) in [6.07, 6.45) is 0. The molecule has 3 heterocycles. The van der Waals surface area contributed by atoms with Crippen LogP contribution in [0.15, 0.2) is 33.7 Å². The van der Waals surface area contributed by atoms with Crippen molar-refractivity contribution in [1.29, 1.82) is 0 Å². The second-order valence-electron chi connectivity index (χ2n) is 6.69. The Morgan fingerprint density at radius 2 is 1.85 bits per heavy atom. The molecular formula is C18H20N6O3. The summed E-state index contributed by atoms with van der Waals surface area (Å²) < 4.78 is 4.76. The van der Waals surface area contributed by atoms with Crippen LogP contribution >= 0.6 is 0 Å². The van der Waals surface area contributed by atoms with E-state index in [0.717, 1.165) is 11.5 Å². The number of aromatic nitrogens is 4. The molecule has 0 radical (unpaired) electrons. The molecule has 1 amide bonds. The number of nitrogens with one attached hydrogen (secondary N) is 1. The topological polar surface area (TPSA) is 108 Å². The number of benzene rings is 1. The number of hydrogen-bond donors (Lipinski definition) is 1. The van der Waals surface area contributed by atoms with Crippen LogP contribution in [-0.2, 0) is 4.79 Å². The van der Waals surface area contributed by atoms with Crippen molar-refractivity contribution in [3.8, 4) is 0 Å². The minimum atomic E-state index is -0.450. The van der Waals surface area contributed by atoms with Gasteiger partial charge in [-0.3, -0.25) is 9.59 Å². The lowest BCUT2D eigenvalue weighted by Crippen LogP contribution is -2.50. The van der Waals surface area contributed by atoms with E-state index >= 15 is 0 Å². The molecule has 4 rings (SSSR count). The largest absolute Gasteiger partial charge is 0.349 e. The van der Waals surface area contributed by atoms with Gasteiger partial charge in [0.2, 0.25) is 5.91 Å². The zero-order valence-electron chi connectivity index (χ0n) is 15.2. The van der Waals surface area contributed by atoms with Gasteiger partial charge >= 0.3 is 0 Å². The molecule has 2 aromatic heterocycles.